The SMILES string of the molecule is CC(=O)N1CCC(Cc2cc(C(C)C)ccn2)CC1. The van der Waals surface area contributed by atoms with Crippen LogP contribution < -0.4 is 0 Å². The van der Waals surface area contributed by atoms with Gasteiger partial charge in [0.2, 0.25) is 5.91 Å². The molecule has 0 bridgehead atoms. The lowest BCUT2D eigenvalue weighted by Gasteiger charge is -2.31. The fourth-order valence-electron chi connectivity index (χ4n) is 2.72. The van der Waals surface area contributed by atoms with E-state index in [2.05, 4.69) is 31.0 Å². The quantitative estimate of drug-likeness (QED) is 0.837. The fourth-order valence-corrected chi connectivity index (χ4v) is 2.72. The Kier molecular flexibility index (Phi) is 4.56. The van der Waals surface area contributed by atoms with Gasteiger partial charge in [0.15, 0.2) is 0 Å². The second-order valence-electron chi connectivity index (χ2n) is 5.89. The van der Waals surface area contributed by atoms with E-state index in [9.17, 15) is 4.79 Å². The number of hydrogen-bond donors (Lipinski definition) is 0. The Balaban J connectivity index is 1.92. The highest BCUT2D eigenvalue weighted by molar-refractivity contribution is 5.73. The van der Waals surface area contributed by atoms with Gasteiger partial charge in [-0.1, -0.05) is 13.8 Å². The van der Waals surface area contributed by atoms with Crippen LogP contribution in [0, 0.1) is 5.92 Å². The summed E-state index contributed by atoms with van der Waals surface area (Å²) in [5.41, 5.74) is 2.57. The van der Waals surface area contributed by atoms with Crippen molar-refractivity contribution in [1.29, 1.82) is 0 Å². The van der Waals surface area contributed by atoms with Crippen molar-refractivity contribution in [2.45, 2.75) is 46.0 Å². The third kappa shape index (κ3) is 3.79. The van der Waals surface area contributed by atoms with Crippen molar-refractivity contribution in [1.82, 2.24) is 9.88 Å². The van der Waals surface area contributed by atoms with Gasteiger partial charge in [-0.25, -0.2) is 0 Å². The second kappa shape index (κ2) is 6.18. The first kappa shape index (κ1) is 14.0. The zero-order valence-corrected chi connectivity index (χ0v) is 12.2. The molecule has 1 aromatic heterocycles. The molecule has 0 unspecified atom stereocenters. The van der Waals surface area contributed by atoms with Crippen LogP contribution in [0.5, 0.6) is 0 Å². The molecule has 1 fully saturated rings. The van der Waals surface area contributed by atoms with Crippen LogP contribution in [-0.4, -0.2) is 28.9 Å². The molecule has 0 N–H and O–H groups in total. The molecule has 2 rings (SSSR count). The highest BCUT2D eigenvalue weighted by atomic mass is 16.2. The highest BCUT2D eigenvalue weighted by Crippen LogP contribution is 2.22. The lowest BCUT2D eigenvalue weighted by Crippen LogP contribution is -2.37. The standard InChI is InChI=1S/C16H24N2O/c1-12(2)15-4-7-17-16(11-15)10-14-5-8-18(9-6-14)13(3)19/h4,7,11-12,14H,5-6,8-10H2,1-3H3. The molecule has 1 aromatic rings. The van der Waals surface area contributed by atoms with E-state index in [1.54, 1.807) is 6.92 Å². The molecule has 3 nitrogen and oxygen atoms in total. The summed E-state index contributed by atoms with van der Waals surface area (Å²) in [6, 6.07) is 4.34. The summed E-state index contributed by atoms with van der Waals surface area (Å²) in [5.74, 6) is 1.44. The summed E-state index contributed by atoms with van der Waals surface area (Å²) >= 11 is 0. The maximum Gasteiger partial charge on any atom is 0.219 e. The van der Waals surface area contributed by atoms with Gasteiger partial charge in [0.05, 0.1) is 0 Å². The normalized spacial score (nSPS) is 16.9. The van der Waals surface area contributed by atoms with Gasteiger partial charge in [0, 0.05) is 31.9 Å². The van der Waals surface area contributed by atoms with E-state index >= 15 is 0 Å². The zero-order chi connectivity index (χ0) is 13.8. The van der Waals surface area contributed by atoms with Crippen molar-refractivity contribution in [2.24, 2.45) is 5.92 Å². The topological polar surface area (TPSA) is 33.2 Å². The summed E-state index contributed by atoms with van der Waals surface area (Å²) in [6.45, 7) is 7.90. The molecule has 19 heavy (non-hydrogen) atoms. The Morgan fingerprint density at radius 3 is 2.68 bits per heavy atom. The monoisotopic (exact) mass is 260 g/mol. The van der Waals surface area contributed by atoms with Crippen LogP contribution in [0.2, 0.25) is 0 Å². The van der Waals surface area contributed by atoms with Crippen LogP contribution in [0.4, 0.5) is 0 Å². The Labute approximate surface area is 116 Å². The lowest BCUT2D eigenvalue weighted by molar-refractivity contribution is -0.130. The number of piperidine rings is 1. The van der Waals surface area contributed by atoms with Crippen molar-refractivity contribution >= 4 is 5.91 Å². The molecule has 1 aliphatic rings. The van der Waals surface area contributed by atoms with Crippen molar-refractivity contribution < 1.29 is 4.79 Å². The van der Waals surface area contributed by atoms with Crippen LogP contribution in [0.1, 0.15) is 50.8 Å². The summed E-state index contributed by atoms with van der Waals surface area (Å²) in [7, 11) is 0. The number of likely N-dealkylation sites (tertiary alicyclic amines) is 1. The molecule has 0 atom stereocenters. The first-order chi connectivity index (χ1) is 9.06. The summed E-state index contributed by atoms with van der Waals surface area (Å²) < 4.78 is 0. The molecule has 2 heterocycles. The van der Waals surface area contributed by atoms with Gasteiger partial charge in [0.25, 0.3) is 0 Å². The molecular weight excluding hydrogens is 236 g/mol. The number of aromatic nitrogens is 1. The third-order valence-electron chi connectivity index (χ3n) is 4.06. The lowest BCUT2D eigenvalue weighted by atomic mass is 9.91. The molecule has 0 radical (unpaired) electrons. The molecule has 104 valence electrons. The Morgan fingerprint density at radius 2 is 2.11 bits per heavy atom. The number of amides is 1. The third-order valence-corrected chi connectivity index (χ3v) is 4.06. The van der Waals surface area contributed by atoms with Crippen molar-refractivity contribution in [3.63, 3.8) is 0 Å². The number of rotatable bonds is 3. The molecule has 3 heteroatoms. The molecule has 0 aliphatic carbocycles. The minimum atomic E-state index is 0.207. The highest BCUT2D eigenvalue weighted by Gasteiger charge is 2.21. The van der Waals surface area contributed by atoms with Crippen molar-refractivity contribution in [3.05, 3.63) is 29.6 Å². The number of carbonyl (C=O) groups excluding carboxylic acids is 1. The Hall–Kier alpha value is -1.38. The van der Waals surface area contributed by atoms with Gasteiger partial charge in [-0.15, -0.1) is 0 Å². The molecule has 0 spiro atoms. The van der Waals surface area contributed by atoms with Gasteiger partial charge < -0.3 is 4.90 Å². The van der Waals surface area contributed by atoms with E-state index in [0.717, 1.165) is 32.4 Å². The Bertz CT molecular complexity index is 434. The fraction of sp³-hybridized carbons (Fsp3) is 0.625. The van der Waals surface area contributed by atoms with Gasteiger partial charge in [-0.3, -0.25) is 9.78 Å². The van der Waals surface area contributed by atoms with E-state index < -0.39 is 0 Å². The van der Waals surface area contributed by atoms with Crippen molar-refractivity contribution in [2.75, 3.05) is 13.1 Å². The largest absolute Gasteiger partial charge is 0.343 e. The van der Waals surface area contributed by atoms with Gasteiger partial charge >= 0.3 is 0 Å². The van der Waals surface area contributed by atoms with Crippen LogP contribution in [0.3, 0.4) is 0 Å². The maximum absolute atomic E-state index is 11.3. The van der Waals surface area contributed by atoms with Gasteiger partial charge in [-0.05, 0) is 48.8 Å². The first-order valence-electron chi connectivity index (χ1n) is 7.26. The number of hydrogen-bond acceptors (Lipinski definition) is 2. The van der Waals surface area contributed by atoms with Crippen LogP contribution >= 0.6 is 0 Å². The van der Waals surface area contributed by atoms with E-state index in [0.29, 0.717) is 11.8 Å². The number of pyridine rings is 1. The average Bonchev–Trinajstić information content (AvgIpc) is 2.39. The molecule has 1 saturated heterocycles. The van der Waals surface area contributed by atoms with E-state index in [4.69, 9.17) is 0 Å². The average molecular weight is 260 g/mol. The second-order valence-corrected chi connectivity index (χ2v) is 5.89. The van der Waals surface area contributed by atoms with Crippen LogP contribution in [0.25, 0.3) is 0 Å². The first-order valence-corrected chi connectivity index (χ1v) is 7.26. The summed E-state index contributed by atoms with van der Waals surface area (Å²) in [4.78, 5) is 17.7. The van der Waals surface area contributed by atoms with E-state index in [-0.39, 0.29) is 5.91 Å². The number of carbonyl (C=O) groups is 1. The number of nitrogens with zero attached hydrogens (tertiary/aromatic N) is 2. The molecule has 0 aromatic carbocycles. The van der Waals surface area contributed by atoms with Crippen molar-refractivity contribution in [3.8, 4) is 0 Å². The van der Waals surface area contributed by atoms with Crippen LogP contribution in [-0.2, 0) is 11.2 Å². The Morgan fingerprint density at radius 1 is 1.42 bits per heavy atom. The van der Waals surface area contributed by atoms with E-state index in [1.165, 1.54) is 11.3 Å². The predicted octanol–water partition coefficient (Wildman–Crippen LogP) is 3.01. The minimum Gasteiger partial charge on any atom is -0.343 e. The van der Waals surface area contributed by atoms with E-state index in [1.807, 2.05) is 11.1 Å². The smallest absolute Gasteiger partial charge is 0.219 e. The minimum absolute atomic E-state index is 0.207. The summed E-state index contributed by atoms with van der Waals surface area (Å²) in [5, 5.41) is 0. The molecular formula is C16H24N2O. The van der Waals surface area contributed by atoms with Gasteiger partial charge in [-0.2, -0.15) is 0 Å². The maximum atomic E-state index is 11.3. The zero-order valence-electron chi connectivity index (χ0n) is 12.2. The molecule has 1 amide bonds. The molecule has 0 saturated carbocycles. The van der Waals surface area contributed by atoms with Gasteiger partial charge in [0.1, 0.15) is 0 Å². The van der Waals surface area contributed by atoms with Crippen LogP contribution in [0.15, 0.2) is 18.3 Å². The predicted molar refractivity (Wildman–Crippen MR) is 77.0 cm³/mol. The molecule has 1 aliphatic heterocycles. The summed E-state index contributed by atoms with van der Waals surface area (Å²) in [6.07, 6.45) is 5.18.